The summed E-state index contributed by atoms with van der Waals surface area (Å²) >= 11 is 0. The van der Waals surface area contributed by atoms with E-state index in [9.17, 15) is 14.0 Å². The summed E-state index contributed by atoms with van der Waals surface area (Å²) in [4.78, 5) is 22.4. The first kappa shape index (κ1) is 16.1. The number of halogens is 1. The predicted molar refractivity (Wildman–Crippen MR) is 70.9 cm³/mol. The average molecular weight is 283 g/mol. The molecule has 0 saturated heterocycles. The van der Waals surface area contributed by atoms with E-state index in [-0.39, 0.29) is 30.6 Å². The summed E-state index contributed by atoms with van der Waals surface area (Å²) in [6.07, 6.45) is -0.914. The first-order valence-corrected chi connectivity index (χ1v) is 6.21. The molecule has 1 aromatic carbocycles. The van der Waals surface area contributed by atoms with Gasteiger partial charge in [-0.3, -0.25) is 4.79 Å². The van der Waals surface area contributed by atoms with Crippen LogP contribution in [-0.2, 0) is 14.3 Å². The van der Waals surface area contributed by atoms with Crippen LogP contribution in [0.3, 0.4) is 0 Å². The highest BCUT2D eigenvalue weighted by atomic mass is 19.1. The lowest BCUT2D eigenvalue weighted by molar-refractivity contribution is -0.148. The number of benzene rings is 1. The second kappa shape index (κ2) is 7.59. The van der Waals surface area contributed by atoms with E-state index in [1.807, 2.05) is 0 Å². The fraction of sp³-hybridized carbons (Fsp3) is 0.429. The fourth-order valence-corrected chi connectivity index (χ4v) is 1.76. The summed E-state index contributed by atoms with van der Waals surface area (Å²) in [6, 6.07) is 6.06. The first-order valence-electron chi connectivity index (χ1n) is 6.21. The minimum absolute atomic E-state index is 0.0967. The molecule has 0 radical (unpaired) electrons. The van der Waals surface area contributed by atoms with Crippen molar-refractivity contribution in [3.05, 3.63) is 35.6 Å². The van der Waals surface area contributed by atoms with Gasteiger partial charge in [0.05, 0.1) is 6.54 Å². The molecule has 6 heteroatoms. The van der Waals surface area contributed by atoms with Gasteiger partial charge in [0, 0.05) is 13.5 Å². The van der Waals surface area contributed by atoms with Crippen LogP contribution in [0.25, 0.3) is 0 Å². The monoisotopic (exact) mass is 283 g/mol. The number of hydrogen-bond donors (Lipinski definition) is 2. The molecule has 0 aliphatic rings. The Morgan fingerprint density at radius 1 is 1.45 bits per heavy atom. The van der Waals surface area contributed by atoms with Gasteiger partial charge < -0.3 is 15.2 Å². The molecule has 2 unspecified atom stereocenters. The molecule has 20 heavy (non-hydrogen) atoms. The fourth-order valence-electron chi connectivity index (χ4n) is 1.76. The Morgan fingerprint density at radius 3 is 2.70 bits per heavy atom. The molecule has 0 aliphatic carbocycles. The van der Waals surface area contributed by atoms with Gasteiger partial charge in [0.1, 0.15) is 5.82 Å². The number of aliphatic carboxylic acids is 1. The lowest BCUT2D eigenvalue weighted by Gasteiger charge is -2.14. The number of methoxy groups -OCH3 is 1. The summed E-state index contributed by atoms with van der Waals surface area (Å²) in [5.74, 6) is -1.94. The highest BCUT2D eigenvalue weighted by molar-refractivity contribution is 5.78. The molecule has 2 N–H and O–H groups in total. The Hall–Kier alpha value is -1.95. The minimum atomic E-state index is -1.13. The largest absolute Gasteiger partial charge is 0.479 e. The van der Waals surface area contributed by atoms with Crippen molar-refractivity contribution < 1.29 is 23.8 Å². The molecule has 2 atom stereocenters. The SMILES string of the molecule is COC(CNC(=O)CC(C)c1cccc(F)c1)C(=O)O. The average Bonchev–Trinajstić information content (AvgIpc) is 2.38. The smallest absolute Gasteiger partial charge is 0.334 e. The summed E-state index contributed by atoms with van der Waals surface area (Å²) in [6.45, 7) is 1.71. The third-order valence-corrected chi connectivity index (χ3v) is 2.95. The Balaban J connectivity index is 2.48. The van der Waals surface area contributed by atoms with Crippen molar-refractivity contribution in [2.24, 2.45) is 0 Å². The van der Waals surface area contributed by atoms with Crippen LogP contribution in [0.5, 0.6) is 0 Å². The van der Waals surface area contributed by atoms with E-state index in [4.69, 9.17) is 9.84 Å². The second-order valence-corrected chi connectivity index (χ2v) is 4.53. The normalized spacial score (nSPS) is 13.6. The van der Waals surface area contributed by atoms with Gasteiger partial charge in [-0.05, 0) is 23.6 Å². The summed E-state index contributed by atoms with van der Waals surface area (Å²) in [5.41, 5.74) is 0.724. The van der Waals surface area contributed by atoms with Gasteiger partial charge in [-0.2, -0.15) is 0 Å². The zero-order chi connectivity index (χ0) is 15.1. The minimum Gasteiger partial charge on any atom is -0.479 e. The third kappa shape index (κ3) is 4.97. The molecular weight excluding hydrogens is 265 g/mol. The van der Waals surface area contributed by atoms with E-state index in [2.05, 4.69) is 5.32 Å². The second-order valence-electron chi connectivity index (χ2n) is 4.53. The Morgan fingerprint density at radius 2 is 2.15 bits per heavy atom. The van der Waals surface area contributed by atoms with E-state index in [0.717, 1.165) is 5.56 Å². The van der Waals surface area contributed by atoms with Gasteiger partial charge in [-0.1, -0.05) is 19.1 Å². The number of rotatable bonds is 7. The van der Waals surface area contributed by atoms with Crippen LogP contribution in [-0.4, -0.2) is 36.7 Å². The summed E-state index contributed by atoms with van der Waals surface area (Å²) < 4.78 is 17.8. The van der Waals surface area contributed by atoms with E-state index < -0.39 is 12.1 Å². The van der Waals surface area contributed by atoms with E-state index >= 15 is 0 Å². The lowest BCUT2D eigenvalue weighted by atomic mass is 9.97. The maximum absolute atomic E-state index is 13.1. The van der Waals surface area contributed by atoms with Gasteiger partial charge >= 0.3 is 5.97 Å². The highest BCUT2D eigenvalue weighted by Crippen LogP contribution is 2.19. The molecule has 5 nitrogen and oxygen atoms in total. The number of amides is 1. The van der Waals surface area contributed by atoms with Gasteiger partial charge in [0.2, 0.25) is 5.91 Å². The maximum Gasteiger partial charge on any atom is 0.334 e. The van der Waals surface area contributed by atoms with Gasteiger partial charge in [-0.15, -0.1) is 0 Å². The van der Waals surface area contributed by atoms with E-state index in [1.54, 1.807) is 19.1 Å². The molecule has 1 aromatic rings. The van der Waals surface area contributed by atoms with Crippen LogP contribution in [0, 0.1) is 5.82 Å². The summed E-state index contributed by atoms with van der Waals surface area (Å²) in [7, 11) is 1.26. The van der Waals surface area contributed by atoms with E-state index in [0.29, 0.717) is 0 Å². The predicted octanol–water partition coefficient (Wildman–Crippen LogP) is 1.54. The molecule has 0 heterocycles. The molecule has 0 aliphatic heterocycles. The molecule has 0 fully saturated rings. The van der Waals surface area contributed by atoms with Crippen LogP contribution in [0.1, 0.15) is 24.8 Å². The topological polar surface area (TPSA) is 75.6 Å². The first-order chi connectivity index (χ1) is 9.43. The van der Waals surface area contributed by atoms with Crippen LogP contribution in [0.4, 0.5) is 4.39 Å². The molecule has 0 aromatic heterocycles. The number of hydrogen-bond acceptors (Lipinski definition) is 3. The zero-order valence-electron chi connectivity index (χ0n) is 11.4. The van der Waals surface area contributed by atoms with Crippen molar-refractivity contribution in [2.45, 2.75) is 25.4 Å². The van der Waals surface area contributed by atoms with Gasteiger partial charge in [0.25, 0.3) is 0 Å². The third-order valence-electron chi connectivity index (χ3n) is 2.95. The maximum atomic E-state index is 13.1. The molecule has 1 rings (SSSR count). The molecule has 1 amide bonds. The number of nitrogens with one attached hydrogen (secondary N) is 1. The number of carbonyl (C=O) groups is 2. The number of carbonyl (C=O) groups excluding carboxylic acids is 1. The van der Waals surface area contributed by atoms with Crippen molar-refractivity contribution >= 4 is 11.9 Å². The molecule has 0 spiro atoms. The Bertz CT molecular complexity index is 478. The molecule has 110 valence electrons. The van der Waals surface area contributed by atoms with Crippen molar-refractivity contribution in [3.63, 3.8) is 0 Å². The Labute approximate surface area is 116 Å². The molecule has 0 saturated carbocycles. The van der Waals surface area contributed by atoms with Crippen LogP contribution in [0.15, 0.2) is 24.3 Å². The molecular formula is C14H18FNO4. The standard InChI is InChI=1S/C14H18FNO4/c1-9(10-4-3-5-11(15)7-10)6-13(17)16-8-12(20-2)14(18)19/h3-5,7,9,12H,6,8H2,1-2H3,(H,16,17)(H,18,19). The van der Waals surface area contributed by atoms with Crippen molar-refractivity contribution in [2.75, 3.05) is 13.7 Å². The quantitative estimate of drug-likeness (QED) is 0.796. The summed E-state index contributed by atoms with van der Waals surface area (Å²) in [5, 5.41) is 11.3. The zero-order valence-corrected chi connectivity index (χ0v) is 11.4. The number of ether oxygens (including phenoxy) is 1. The van der Waals surface area contributed by atoms with Crippen LogP contribution >= 0.6 is 0 Å². The van der Waals surface area contributed by atoms with Gasteiger partial charge in [0.15, 0.2) is 6.10 Å². The van der Waals surface area contributed by atoms with Crippen molar-refractivity contribution in [3.8, 4) is 0 Å². The van der Waals surface area contributed by atoms with E-state index in [1.165, 1.54) is 19.2 Å². The highest BCUT2D eigenvalue weighted by Gasteiger charge is 2.18. The van der Waals surface area contributed by atoms with Crippen LogP contribution < -0.4 is 5.32 Å². The number of carboxylic acid groups (broad SMARTS) is 1. The van der Waals surface area contributed by atoms with Crippen LogP contribution in [0.2, 0.25) is 0 Å². The number of carboxylic acids is 1. The Kier molecular flexibility index (Phi) is 6.11. The van der Waals surface area contributed by atoms with Crippen molar-refractivity contribution in [1.82, 2.24) is 5.32 Å². The van der Waals surface area contributed by atoms with Gasteiger partial charge in [-0.25, -0.2) is 9.18 Å². The van der Waals surface area contributed by atoms with Crippen molar-refractivity contribution in [1.29, 1.82) is 0 Å². The lowest BCUT2D eigenvalue weighted by Crippen LogP contribution is -2.38. The molecule has 0 bridgehead atoms.